The molecule has 1 heterocycles. The van der Waals surface area contributed by atoms with Crippen LogP contribution in [0, 0.1) is 0 Å². The standard InChI is InChI=1S/C18H24N4O/c1-12(2)20-17-19-11-10-15(22-17)16(23)21-14-8-6-13(7-9-14)18(3,4)5/h6-12H,1-5H3,(H,21,23)(H,19,20,22). The van der Waals surface area contributed by atoms with Crippen LogP contribution < -0.4 is 10.6 Å². The number of aromatic nitrogens is 2. The van der Waals surface area contributed by atoms with Crippen molar-refractivity contribution >= 4 is 17.5 Å². The molecule has 1 aromatic heterocycles. The number of anilines is 2. The molecular formula is C18H24N4O. The summed E-state index contributed by atoms with van der Waals surface area (Å²) in [4.78, 5) is 20.6. The topological polar surface area (TPSA) is 66.9 Å². The molecule has 0 aliphatic carbocycles. The van der Waals surface area contributed by atoms with Crippen LogP contribution in [0.1, 0.15) is 50.7 Å². The number of nitrogens with one attached hydrogen (secondary N) is 2. The zero-order valence-electron chi connectivity index (χ0n) is 14.3. The van der Waals surface area contributed by atoms with Gasteiger partial charge in [0.25, 0.3) is 5.91 Å². The van der Waals surface area contributed by atoms with Gasteiger partial charge >= 0.3 is 0 Å². The van der Waals surface area contributed by atoms with Crippen LogP contribution in [0.25, 0.3) is 0 Å². The largest absolute Gasteiger partial charge is 0.352 e. The highest BCUT2D eigenvalue weighted by Crippen LogP contribution is 2.23. The molecule has 0 saturated carbocycles. The first-order valence-corrected chi connectivity index (χ1v) is 7.77. The normalized spacial score (nSPS) is 11.4. The molecule has 0 aliphatic rings. The summed E-state index contributed by atoms with van der Waals surface area (Å²) in [5, 5.41) is 5.95. The Labute approximate surface area is 137 Å². The molecule has 0 atom stereocenters. The minimum Gasteiger partial charge on any atom is -0.352 e. The van der Waals surface area contributed by atoms with Crippen molar-refractivity contribution < 1.29 is 4.79 Å². The van der Waals surface area contributed by atoms with Crippen molar-refractivity contribution in [3.8, 4) is 0 Å². The van der Waals surface area contributed by atoms with Gasteiger partial charge in [0, 0.05) is 17.9 Å². The van der Waals surface area contributed by atoms with E-state index in [9.17, 15) is 4.79 Å². The summed E-state index contributed by atoms with van der Waals surface area (Å²) in [5.74, 6) is 0.207. The molecule has 23 heavy (non-hydrogen) atoms. The second-order valence-electron chi connectivity index (χ2n) is 6.85. The fraction of sp³-hybridized carbons (Fsp3) is 0.389. The molecule has 0 unspecified atom stereocenters. The van der Waals surface area contributed by atoms with E-state index in [-0.39, 0.29) is 17.4 Å². The Bertz CT molecular complexity index is 672. The van der Waals surface area contributed by atoms with Crippen molar-refractivity contribution in [1.82, 2.24) is 9.97 Å². The van der Waals surface area contributed by atoms with Crippen LogP contribution in [-0.2, 0) is 5.41 Å². The minimum atomic E-state index is -0.247. The van der Waals surface area contributed by atoms with E-state index in [1.165, 1.54) is 5.56 Å². The monoisotopic (exact) mass is 312 g/mol. The summed E-state index contributed by atoms with van der Waals surface area (Å²) in [5.41, 5.74) is 2.40. The maximum absolute atomic E-state index is 12.3. The third-order valence-corrected chi connectivity index (χ3v) is 3.31. The molecule has 1 aromatic carbocycles. The number of hydrogen-bond donors (Lipinski definition) is 2. The van der Waals surface area contributed by atoms with Crippen LogP contribution in [0.5, 0.6) is 0 Å². The molecule has 0 aliphatic heterocycles. The molecule has 2 N–H and O–H groups in total. The number of rotatable bonds is 4. The molecule has 0 fully saturated rings. The second kappa shape index (κ2) is 6.77. The minimum absolute atomic E-state index is 0.0899. The van der Waals surface area contributed by atoms with Crippen LogP contribution in [0.3, 0.4) is 0 Å². The summed E-state index contributed by atoms with van der Waals surface area (Å²) in [6.45, 7) is 10.5. The summed E-state index contributed by atoms with van der Waals surface area (Å²) in [6, 6.07) is 9.69. The first-order chi connectivity index (χ1) is 10.8. The Morgan fingerprint density at radius 3 is 2.30 bits per heavy atom. The zero-order chi connectivity index (χ0) is 17.0. The molecule has 2 rings (SSSR count). The van der Waals surface area contributed by atoms with E-state index in [1.807, 2.05) is 38.1 Å². The van der Waals surface area contributed by atoms with Crippen LogP contribution in [0.2, 0.25) is 0 Å². The van der Waals surface area contributed by atoms with Gasteiger partial charge in [0.15, 0.2) is 0 Å². The first kappa shape index (κ1) is 16.9. The van der Waals surface area contributed by atoms with Crippen molar-refractivity contribution in [1.29, 1.82) is 0 Å². The molecule has 0 saturated heterocycles. The first-order valence-electron chi connectivity index (χ1n) is 7.77. The maximum atomic E-state index is 12.3. The molecule has 5 heteroatoms. The highest BCUT2D eigenvalue weighted by atomic mass is 16.1. The van der Waals surface area contributed by atoms with Crippen LogP contribution in [0.4, 0.5) is 11.6 Å². The van der Waals surface area contributed by atoms with Gasteiger partial charge in [-0.2, -0.15) is 0 Å². The van der Waals surface area contributed by atoms with Crippen LogP contribution >= 0.6 is 0 Å². The Balaban J connectivity index is 2.10. The molecule has 122 valence electrons. The van der Waals surface area contributed by atoms with Crippen molar-refractivity contribution in [3.05, 3.63) is 47.8 Å². The van der Waals surface area contributed by atoms with Gasteiger partial charge in [0.05, 0.1) is 0 Å². The van der Waals surface area contributed by atoms with Gasteiger partial charge in [-0.05, 0) is 43.0 Å². The van der Waals surface area contributed by atoms with E-state index in [0.717, 1.165) is 5.69 Å². The summed E-state index contributed by atoms with van der Waals surface area (Å²) >= 11 is 0. The van der Waals surface area contributed by atoms with Gasteiger partial charge in [-0.1, -0.05) is 32.9 Å². The summed E-state index contributed by atoms with van der Waals surface area (Å²) < 4.78 is 0. The Hall–Kier alpha value is -2.43. The number of carbonyl (C=O) groups is 1. The van der Waals surface area contributed by atoms with Crippen molar-refractivity contribution in [2.24, 2.45) is 0 Å². The van der Waals surface area contributed by atoms with Crippen molar-refractivity contribution in [2.75, 3.05) is 10.6 Å². The number of hydrogen-bond acceptors (Lipinski definition) is 4. The van der Waals surface area contributed by atoms with E-state index in [1.54, 1.807) is 12.3 Å². The summed E-state index contributed by atoms with van der Waals surface area (Å²) in [6.07, 6.45) is 1.58. The SMILES string of the molecule is CC(C)Nc1nccc(C(=O)Nc2ccc(C(C)(C)C)cc2)n1. The van der Waals surface area contributed by atoms with Gasteiger partial charge in [-0.25, -0.2) is 9.97 Å². The lowest BCUT2D eigenvalue weighted by atomic mass is 9.87. The Morgan fingerprint density at radius 1 is 1.09 bits per heavy atom. The fourth-order valence-corrected chi connectivity index (χ4v) is 2.06. The lowest BCUT2D eigenvalue weighted by Crippen LogP contribution is -2.17. The maximum Gasteiger partial charge on any atom is 0.274 e. The van der Waals surface area contributed by atoms with E-state index < -0.39 is 0 Å². The quantitative estimate of drug-likeness (QED) is 0.900. The van der Waals surface area contributed by atoms with Gasteiger partial charge in [0.1, 0.15) is 5.69 Å². The molecule has 1 amide bonds. The number of benzene rings is 1. The molecular weight excluding hydrogens is 288 g/mol. The van der Waals surface area contributed by atoms with E-state index >= 15 is 0 Å². The van der Waals surface area contributed by atoms with Crippen LogP contribution in [0.15, 0.2) is 36.5 Å². The zero-order valence-corrected chi connectivity index (χ0v) is 14.3. The predicted octanol–water partition coefficient (Wildman–Crippen LogP) is 3.85. The predicted molar refractivity (Wildman–Crippen MR) is 93.9 cm³/mol. The number of amides is 1. The molecule has 0 radical (unpaired) electrons. The van der Waals surface area contributed by atoms with Gasteiger partial charge in [0.2, 0.25) is 5.95 Å². The molecule has 0 bridgehead atoms. The highest BCUT2D eigenvalue weighted by Gasteiger charge is 2.14. The summed E-state index contributed by atoms with van der Waals surface area (Å²) in [7, 11) is 0. The van der Waals surface area contributed by atoms with Gasteiger partial charge in [-0.15, -0.1) is 0 Å². The third kappa shape index (κ3) is 4.77. The lowest BCUT2D eigenvalue weighted by Gasteiger charge is -2.19. The average molecular weight is 312 g/mol. The van der Waals surface area contributed by atoms with Crippen molar-refractivity contribution in [2.45, 2.75) is 46.1 Å². The Morgan fingerprint density at radius 2 is 1.74 bits per heavy atom. The van der Waals surface area contributed by atoms with E-state index in [4.69, 9.17) is 0 Å². The molecule has 2 aromatic rings. The average Bonchev–Trinajstić information content (AvgIpc) is 2.46. The molecule has 5 nitrogen and oxygen atoms in total. The fourth-order valence-electron chi connectivity index (χ4n) is 2.06. The smallest absolute Gasteiger partial charge is 0.274 e. The highest BCUT2D eigenvalue weighted by molar-refractivity contribution is 6.02. The number of nitrogens with zero attached hydrogens (tertiary/aromatic N) is 2. The van der Waals surface area contributed by atoms with Gasteiger partial charge < -0.3 is 10.6 Å². The Kier molecular flexibility index (Phi) is 4.98. The van der Waals surface area contributed by atoms with Gasteiger partial charge in [-0.3, -0.25) is 4.79 Å². The van der Waals surface area contributed by atoms with E-state index in [0.29, 0.717) is 11.6 Å². The molecule has 0 spiro atoms. The third-order valence-electron chi connectivity index (χ3n) is 3.31. The number of carbonyl (C=O) groups excluding carboxylic acids is 1. The lowest BCUT2D eigenvalue weighted by molar-refractivity contribution is 0.102. The van der Waals surface area contributed by atoms with Crippen molar-refractivity contribution in [3.63, 3.8) is 0 Å². The van der Waals surface area contributed by atoms with E-state index in [2.05, 4.69) is 41.4 Å². The van der Waals surface area contributed by atoms with Crippen LogP contribution in [-0.4, -0.2) is 21.9 Å². The second-order valence-corrected chi connectivity index (χ2v) is 6.85.